The molecule has 0 aliphatic carbocycles. The SMILES string of the molecule is CCCCOc1nc(N)c2[nH]c(=O)n(Cc3ccc(CN(CCCN4CCOCC4)Cc4cccc(CC(=O)O)c4)cc3)c2n1. The van der Waals surface area contributed by atoms with Crippen LogP contribution in [0.25, 0.3) is 11.2 Å². The summed E-state index contributed by atoms with van der Waals surface area (Å²) in [5, 5.41) is 9.25. The van der Waals surface area contributed by atoms with E-state index in [0.717, 1.165) is 87.5 Å². The van der Waals surface area contributed by atoms with Gasteiger partial charge in [-0.15, -0.1) is 0 Å². The number of benzene rings is 2. The van der Waals surface area contributed by atoms with Crippen molar-refractivity contribution in [2.75, 3.05) is 51.7 Å². The molecule has 4 aromatic rings. The molecule has 12 nitrogen and oxygen atoms in total. The number of aliphatic carboxylic acids is 1. The van der Waals surface area contributed by atoms with E-state index in [0.29, 0.717) is 30.9 Å². The molecule has 4 N–H and O–H groups in total. The highest BCUT2D eigenvalue weighted by atomic mass is 16.5. The number of nitrogens with one attached hydrogen (secondary N) is 1. The first-order chi connectivity index (χ1) is 21.9. The van der Waals surface area contributed by atoms with Crippen molar-refractivity contribution in [3.8, 4) is 6.01 Å². The van der Waals surface area contributed by atoms with Gasteiger partial charge in [0.2, 0.25) is 0 Å². The number of hydrogen-bond acceptors (Lipinski definition) is 9. The van der Waals surface area contributed by atoms with Crippen molar-refractivity contribution in [3.05, 3.63) is 81.3 Å². The number of nitrogens with two attached hydrogens (primary N) is 1. The standard InChI is InChI=1S/C33H43N7O5/c1-2-3-16-45-32-36-30(34)29-31(37-32)40(33(43)35-29)23-25-10-8-24(9-11-25)21-39(13-5-12-38-14-17-44-18-15-38)22-27-7-4-6-26(19-27)20-28(41)42/h4,6-11,19H,2-3,5,12-18,20-23H2,1H3,(H,35,43)(H,41,42)(H2,34,36,37). The maximum Gasteiger partial charge on any atom is 0.328 e. The summed E-state index contributed by atoms with van der Waals surface area (Å²) in [6.45, 7) is 9.73. The van der Waals surface area contributed by atoms with Crippen LogP contribution in [0.2, 0.25) is 0 Å². The van der Waals surface area contributed by atoms with Crippen LogP contribution in [0.1, 0.15) is 48.4 Å². The molecule has 1 aliphatic rings. The third-order valence-corrected chi connectivity index (χ3v) is 7.93. The van der Waals surface area contributed by atoms with Crippen LogP contribution in [0.15, 0.2) is 53.3 Å². The molecule has 0 atom stereocenters. The van der Waals surface area contributed by atoms with Crippen molar-refractivity contribution >= 4 is 23.0 Å². The first kappa shape index (κ1) is 32.1. The number of carbonyl (C=O) groups is 1. The smallest absolute Gasteiger partial charge is 0.328 e. The number of unbranched alkanes of at least 4 members (excludes halogenated alkanes) is 1. The van der Waals surface area contributed by atoms with E-state index in [2.05, 4.69) is 49.9 Å². The molecule has 1 fully saturated rings. The maximum atomic E-state index is 12.8. The Hall–Kier alpha value is -4.26. The number of H-pyrrole nitrogens is 1. The topological polar surface area (TPSA) is 152 Å². The molecule has 0 bridgehead atoms. The van der Waals surface area contributed by atoms with Gasteiger partial charge in [0.1, 0.15) is 5.52 Å². The third-order valence-electron chi connectivity index (χ3n) is 7.93. The zero-order chi connectivity index (χ0) is 31.6. The Kier molecular flexibility index (Phi) is 11.2. The van der Waals surface area contributed by atoms with Crippen LogP contribution < -0.4 is 16.2 Å². The number of fused-ring (bicyclic) bond motifs is 1. The van der Waals surface area contributed by atoms with Gasteiger partial charge in [0.25, 0.3) is 0 Å². The number of ether oxygens (including phenoxy) is 2. The van der Waals surface area contributed by atoms with Gasteiger partial charge in [-0.05, 0) is 41.6 Å². The van der Waals surface area contributed by atoms with Gasteiger partial charge in [-0.25, -0.2) is 4.79 Å². The highest BCUT2D eigenvalue weighted by Gasteiger charge is 2.16. The van der Waals surface area contributed by atoms with Gasteiger partial charge in [-0.1, -0.05) is 61.9 Å². The van der Waals surface area contributed by atoms with Gasteiger partial charge in [-0.3, -0.25) is 19.2 Å². The van der Waals surface area contributed by atoms with Crippen LogP contribution in [0.3, 0.4) is 0 Å². The predicted molar refractivity (Wildman–Crippen MR) is 172 cm³/mol. The van der Waals surface area contributed by atoms with Crippen molar-refractivity contribution in [2.45, 2.75) is 52.2 Å². The highest BCUT2D eigenvalue weighted by Crippen LogP contribution is 2.20. The Morgan fingerprint density at radius 3 is 2.53 bits per heavy atom. The molecule has 12 heteroatoms. The van der Waals surface area contributed by atoms with Crippen molar-refractivity contribution in [1.82, 2.24) is 29.3 Å². The molecule has 0 radical (unpaired) electrons. The lowest BCUT2D eigenvalue weighted by Crippen LogP contribution is -2.38. The average molecular weight is 618 g/mol. The number of anilines is 1. The molecule has 5 rings (SSSR count). The van der Waals surface area contributed by atoms with E-state index in [-0.39, 0.29) is 23.9 Å². The summed E-state index contributed by atoms with van der Waals surface area (Å²) in [5.74, 6) is -0.652. The summed E-state index contributed by atoms with van der Waals surface area (Å²) in [6.07, 6.45) is 2.88. The largest absolute Gasteiger partial charge is 0.481 e. The minimum Gasteiger partial charge on any atom is -0.481 e. The number of nitrogen functional groups attached to an aromatic ring is 1. The van der Waals surface area contributed by atoms with Gasteiger partial charge >= 0.3 is 17.7 Å². The number of imidazole rings is 1. The number of aromatic amines is 1. The van der Waals surface area contributed by atoms with Crippen molar-refractivity contribution in [3.63, 3.8) is 0 Å². The molecule has 0 saturated carbocycles. The summed E-state index contributed by atoms with van der Waals surface area (Å²) in [7, 11) is 0. The number of carboxylic acids is 1. The Labute approximate surface area is 262 Å². The first-order valence-electron chi connectivity index (χ1n) is 15.7. The van der Waals surface area contributed by atoms with Gasteiger partial charge < -0.3 is 25.3 Å². The molecule has 45 heavy (non-hydrogen) atoms. The lowest BCUT2D eigenvalue weighted by molar-refractivity contribution is -0.136. The molecular weight excluding hydrogens is 574 g/mol. The average Bonchev–Trinajstić information content (AvgIpc) is 3.33. The minimum atomic E-state index is -0.832. The summed E-state index contributed by atoms with van der Waals surface area (Å²) in [5.41, 5.74) is 10.6. The van der Waals surface area contributed by atoms with Crippen LogP contribution in [0.5, 0.6) is 6.01 Å². The molecule has 2 aromatic carbocycles. The molecular formula is C33H43N7O5. The van der Waals surface area contributed by atoms with Crippen molar-refractivity contribution < 1.29 is 19.4 Å². The van der Waals surface area contributed by atoms with Crippen molar-refractivity contribution in [1.29, 1.82) is 0 Å². The lowest BCUT2D eigenvalue weighted by atomic mass is 10.1. The molecule has 0 spiro atoms. The number of carboxylic acid groups (broad SMARTS) is 1. The summed E-state index contributed by atoms with van der Waals surface area (Å²) < 4.78 is 12.7. The van der Waals surface area contributed by atoms with E-state index in [1.165, 1.54) is 0 Å². The first-order valence-corrected chi connectivity index (χ1v) is 15.7. The van der Waals surface area contributed by atoms with Crippen LogP contribution >= 0.6 is 0 Å². The zero-order valence-electron chi connectivity index (χ0n) is 25.9. The number of nitrogens with zero attached hydrogens (tertiary/aromatic N) is 5. The van der Waals surface area contributed by atoms with E-state index in [1.807, 2.05) is 30.3 Å². The van der Waals surface area contributed by atoms with Crippen LogP contribution in [-0.4, -0.2) is 86.4 Å². The molecule has 0 amide bonds. The second-order valence-corrected chi connectivity index (χ2v) is 11.5. The number of aromatic nitrogens is 4. The van der Waals surface area contributed by atoms with Gasteiger partial charge in [0.15, 0.2) is 11.5 Å². The molecule has 1 aliphatic heterocycles. The maximum absolute atomic E-state index is 12.8. The van der Waals surface area contributed by atoms with Gasteiger partial charge in [-0.2, -0.15) is 9.97 Å². The Balaban J connectivity index is 1.28. The normalized spacial score (nSPS) is 13.9. The second-order valence-electron chi connectivity index (χ2n) is 11.5. The van der Waals surface area contributed by atoms with E-state index in [9.17, 15) is 14.7 Å². The molecule has 3 heterocycles. The van der Waals surface area contributed by atoms with E-state index >= 15 is 0 Å². The Morgan fingerprint density at radius 2 is 1.78 bits per heavy atom. The fourth-order valence-corrected chi connectivity index (χ4v) is 5.57. The number of rotatable bonds is 16. The monoisotopic (exact) mass is 617 g/mol. The number of morpholine rings is 1. The van der Waals surface area contributed by atoms with Crippen LogP contribution in [-0.2, 0) is 35.6 Å². The molecule has 240 valence electrons. The van der Waals surface area contributed by atoms with Crippen molar-refractivity contribution in [2.24, 2.45) is 0 Å². The van der Waals surface area contributed by atoms with Crippen LogP contribution in [0, 0.1) is 0 Å². The molecule has 2 aromatic heterocycles. The Bertz CT molecular complexity index is 1610. The van der Waals surface area contributed by atoms with Crippen LogP contribution in [0.4, 0.5) is 5.82 Å². The fraction of sp³-hybridized carbons (Fsp3) is 0.455. The lowest BCUT2D eigenvalue weighted by Gasteiger charge is -2.28. The third kappa shape index (κ3) is 9.13. The summed E-state index contributed by atoms with van der Waals surface area (Å²) in [4.78, 5) is 40.4. The Morgan fingerprint density at radius 1 is 1.04 bits per heavy atom. The highest BCUT2D eigenvalue weighted by molar-refractivity contribution is 5.82. The fourth-order valence-electron chi connectivity index (χ4n) is 5.57. The predicted octanol–water partition coefficient (Wildman–Crippen LogP) is 3.28. The van der Waals surface area contributed by atoms with E-state index < -0.39 is 5.97 Å². The summed E-state index contributed by atoms with van der Waals surface area (Å²) >= 11 is 0. The number of hydrogen-bond donors (Lipinski definition) is 3. The minimum absolute atomic E-state index is 0.0116. The quantitative estimate of drug-likeness (QED) is 0.160. The van der Waals surface area contributed by atoms with Gasteiger partial charge in [0.05, 0.1) is 32.8 Å². The molecule has 1 saturated heterocycles. The van der Waals surface area contributed by atoms with Gasteiger partial charge in [0, 0.05) is 32.7 Å². The molecule has 0 unspecified atom stereocenters. The zero-order valence-corrected chi connectivity index (χ0v) is 25.9. The second kappa shape index (κ2) is 15.6. The summed E-state index contributed by atoms with van der Waals surface area (Å²) in [6, 6.07) is 16.2. The van der Waals surface area contributed by atoms with E-state index in [1.54, 1.807) is 4.57 Å². The van der Waals surface area contributed by atoms with E-state index in [4.69, 9.17) is 15.2 Å².